The number of ether oxygens (including phenoxy) is 2. The zero-order valence-electron chi connectivity index (χ0n) is 11.9. The van der Waals surface area contributed by atoms with E-state index in [2.05, 4.69) is 29.1 Å². The molecule has 5 heteroatoms. The van der Waals surface area contributed by atoms with Gasteiger partial charge in [-0.15, -0.1) is 0 Å². The maximum absolute atomic E-state index is 5.66. The summed E-state index contributed by atoms with van der Waals surface area (Å²) in [5.74, 6) is 0.995. The SMILES string of the molecule is CN=C(NC1CC1(C)C)N1CCOC(COC)C1. The average molecular weight is 255 g/mol. The summed E-state index contributed by atoms with van der Waals surface area (Å²) < 4.78 is 10.8. The van der Waals surface area contributed by atoms with Gasteiger partial charge in [-0.05, 0) is 11.8 Å². The van der Waals surface area contributed by atoms with Crippen LogP contribution in [0.25, 0.3) is 0 Å². The van der Waals surface area contributed by atoms with E-state index in [0.717, 1.165) is 25.7 Å². The Morgan fingerprint density at radius 3 is 2.83 bits per heavy atom. The van der Waals surface area contributed by atoms with Crippen molar-refractivity contribution < 1.29 is 9.47 Å². The summed E-state index contributed by atoms with van der Waals surface area (Å²) in [6.07, 6.45) is 1.37. The maximum atomic E-state index is 5.66. The summed E-state index contributed by atoms with van der Waals surface area (Å²) in [5, 5.41) is 3.54. The minimum atomic E-state index is 0.148. The van der Waals surface area contributed by atoms with Gasteiger partial charge in [0.25, 0.3) is 0 Å². The Balaban J connectivity index is 1.88. The fraction of sp³-hybridized carbons (Fsp3) is 0.923. The first kappa shape index (κ1) is 13.6. The summed E-state index contributed by atoms with van der Waals surface area (Å²) in [6.45, 7) is 7.69. The second kappa shape index (κ2) is 5.45. The summed E-state index contributed by atoms with van der Waals surface area (Å²) in [6, 6.07) is 0.555. The molecule has 2 unspecified atom stereocenters. The van der Waals surface area contributed by atoms with Crippen molar-refractivity contribution in [2.45, 2.75) is 32.4 Å². The van der Waals surface area contributed by atoms with Gasteiger partial charge >= 0.3 is 0 Å². The fourth-order valence-electron chi connectivity index (χ4n) is 2.37. The van der Waals surface area contributed by atoms with Gasteiger partial charge in [0.15, 0.2) is 5.96 Å². The molecule has 0 aromatic rings. The molecule has 0 spiro atoms. The van der Waals surface area contributed by atoms with Gasteiger partial charge in [0.1, 0.15) is 0 Å². The standard InChI is InChI=1S/C13H25N3O2/c1-13(2)7-11(13)15-12(14-3)16-5-6-18-10(8-16)9-17-4/h10-11H,5-9H2,1-4H3,(H,14,15). The highest BCUT2D eigenvalue weighted by Crippen LogP contribution is 2.44. The predicted octanol–water partition coefficient (Wildman–Crippen LogP) is 0.708. The largest absolute Gasteiger partial charge is 0.382 e. The van der Waals surface area contributed by atoms with E-state index in [4.69, 9.17) is 9.47 Å². The second-order valence-electron chi connectivity index (χ2n) is 5.83. The summed E-state index contributed by atoms with van der Waals surface area (Å²) in [7, 11) is 3.56. The minimum absolute atomic E-state index is 0.148. The van der Waals surface area contributed by atoms with Crippen LogP contribution in [-0.2, 0) is 9.47 Å². The predicted molar refractivity (Wildman–Crippen MR) is 71.9 cm³/mol. The molecule has 0 bridgehead atoms. The normalized spacial score (nSPS) is 31.3. The molecule has 0 aromatic heterocycles. The molecule has 104 valence electrons. The van der Waals surface area contributed by atoms with Crippen molar-refractivity contribution in [3.8, 4) is 0 Å². The lowest BCUT2D eigenvalue weighted by molar-refractivity contribution is -0.0447. The Morgan fingerprint density at radius 2 is 2.28 bits per heavy atom. The van der Waals surface area contributed by atoms with Crippen LogP contribution in [0.4, 0.5) is 0 Å². The van der Waals surface area contributed by atoms with Gasteiger partial charge in [-0.1, -0.05) is 13.8 Å². The van der Waals surface area contributed by atoms with E-state index < -0.39 is 0 Å². The molecule has 1 heterocycles. The van der Waals surface area contributed by atoms with Crippen LogP contribution in [0.2, 0.25) is 0 Å². The quantitative estimate of drug-likeness (QED) is 0.596. The van der Waals surface area contributed by atoms with Crippen molar-refractivity contribution in [2.75, 3.05) is 40.5 Å². The minimum Gasteiger partial charge on any atom is -0.382 e. The first-order valence-corrected chi connectivity index (χ1v) is 6.65. The van der Waals surface area contributed by atoms with E-state index in [1.165, 1.54) is 6.42 Å². The monoisotopic (exact) mass is 255 g/mol. The molecule has 2 fully saturated rings. The Labute approximate surface area is 110 Å². The molecule has 1 aliphatic heterocycles. The van der Waals surface area contributed by atoms with Gasteiger partial charge in [0.05, 0.1) is 19.3 Å². The Morgan fingerprint density at radius 1 is 1.56 bits per heavy atom. The second-order valence-corrected chi connectivity index (χ2v) is 5.83. The first-order valence-electron chi connectivity index (χ1n) is 6.65. The van der Waals surface area contributed by atoms with Crippen LogP contribution in [0.1, 0.15) is 20.3 Å². The molecule has 1 saturated carbocycles. The summed E-state index contributed by atoms with van der Waals surface area (Å²) in [4.78, 5) is 6.65. The van der Waals surface area contributed by atoms with Crippen molar-refractivity contribution in [1.82, 2.24) is 10.2 Å². The lowest BCUT2D eigenvalue weighted by Gasteiger charge is -2.35. The number of hydrogen-bond donors (Lipinski definition) is 1. The number of aliphatic imine (C=N–C) groups is 1. The molecule has 2 atom stereocenters. The number of nitrogens with one attached hydrogen (secondary N) is 1. The first-order chi connectivity index (χ1) is 8.56. The van der Waals surface area contributed by atoms with Crippen LogP contribution in [-0.4, -0.2) is 63.5 Å². The fourth-order valence-corrected chi connectivity index (χ4v) is 2.37. The van der Waals surface area contributed by atoms with Gasteiger partial charge in [-0.25, -0.2) is 0 Å². The van der Waals surface area contributed by atoms with Gasteiger partial charge in [0, 0.05) is 33.3 Å². The van der Waals surface area contributed by atoms with Crippen LogP contribution >= 0.6 is 0 Å². The number of nitrogens with zero attached hydrogens (tertiary/aromatic N) is 2. The van der Waals surface area contributed by atoms with E-state index in [1.807, 2.05) is 7.05 Å². The molecular formula is C13H25N3O2. The molecule has 0 radical (unpaired) electrons. The molecule has 1 N–H and O–H groups in total. The van der Waals surface area contributed by atoms with E-state index in [-0.39, 0.29) is 6.10 Å². The molecule has 2 rings (SSSR count). The Kier molecular flexibility index (Phi) is 4.12. The van der Waals surface area contributed by atoms with E-state index in [1.54, 1.807) is 7.11 Å². The molecule has 18 heavy (non-hydrogen) atoms. The number of methoxy groups -OCH3 is 1. The van der Waals surface area contributed by atoms with Gasteiger partial charge in [0.2, 0.25) is 0 Å². The van der Waals surface area contributed by atoms with Crippen LogP contribution in [0.3, 0.4) is 0 Å². The van der Waals surface area contributed by atoms with Crippen LogP contribution < -0.4 is 5.32 Å². The smallest absolute Gasteiger partial charge is 0.194 e. The van der Waals surface area contributed by atoms with Crippen molar-refractivity contribution in [1.29, 1.82) is 0 Å². The summed E-state index contributed by atoms with van der Waals surface area (Å²) >= 11 is 0. The van der Waals surface area contributed by atoms with Gasteiger partial charge in [-0.2, -0.15) is 0 Å². The lowest BCUT2D eigenvalue weighted by atomic mass is 10.2. The Bertz CT molecular complexity index is 315. The van der Waals surface area contributed by atoms with Crippen molar-refractivity contribution in [3.05, 3.63) is 0 Å². The number of hydrogen-bond acceptors (Lipinski definition) is 3. The molecule has 0 aromatic carbocycles. The summed E-state index contributed by atoms with van der Waals surface area (Å²) in [5.41, 5.74) is 0.411. The van der Waals surface area contributed by atoms with E-state index >= 15 is 0 Å². The molecular weight excluding hydrogens is 230 g/mol. The highest BCUT2D eigenvalue weighted by Gasteiger charge is 2.46. The molecule has 0 amide bonds. The third-order valence-electron chi connectivity index (χ3n) is 3.82. The lowest BCUT2D eigenvalue weighted by Crippen LogP contribution is -2.52. The van der Waals surface area contributed by atoms with E-state index in [9.17, 15) is 0 Å². The van der Waals surface area contributed by atoms with Crippen LogP contribution in [0, 0.1) is 5.41 Å². The zero-order valence-corrected chi connectivity index (χ0v) is 11.9. The molecule has 1 saturated heterocycles. The van der Waals surface area contributed by atoms with Crippen molar-refractivity contribution in [2.24, 2.45) is 10.4 Å². The number of guanidine groups is 1. The van der Waals surface area contributed by atoms with Gasteiger partial charge in [-0.3, -0.25) is 4.99 Å². The van der Waals surface area contributed by atoms with Gasteiger partial charge < -0.3 is 19.7 Å². The number of rotatable bonds is 3. The highest BCUT2D eigenvalue weighted by molar-refractivity contribution is 5.80. The van der Waals surface area contributed by atoms with Crippen LogP contribution in [0.5, 0.6) is 0 Å². The highest BCUT2D eigenvalue weighted by atomic mass is 16.5. The number of morpholine rings is 1. The Hall–Kier alpha value is -0.810. The zero-order chi connectivity index (χ0) is 13.2. The molecule has 2 aliphatic rings. The van der Waals surface area contributed by atoms with Crippen molar-refractivity contribution in [3.63, 3.8) is 0 Å². The van der Waals surface area contributed by atoms with Crippen molar-refractivity contribution >= 4 is 5.96 Å². The molecule has 5 nitrogen and oxygen atoms in total. The average Bonchev–Trinajstić information content (AvgIpc) is 2.94. The third kappa shape index (κ3) is 3.14. The molecule has 1 aliphatic carbocycles. The third-order valence-corrected chi connectivity index (χ3v) is 3.82. The maximum Gasteiger partial charge on any atom is 0.194 e. The van der Waals surface area contributed by atoms with Crippen LogP contribution in [0.15, 0.2) is 4.99 Å². The van der Waals surface area contributed by atoms with E-state index in [0.29, 0.717) is 18.1 Å². The topological polar surface area (TPSA) is 46.1 Å².